The summed E-state index contributed by atoms with van der Waals surface area (Å²) in [6.07, 6.45) is 0. The van der Waals surface area contributed by atoms with Crippen LogP contribution >= 0.6 is 27.7 Å². The summed E-state index contributed by atoms with van der Waals surface area (Å²) in [4.78, 5) is 17.4. The molecule has 6 nitrogen and oxygen atoms in total. The zero-order chi connectivity index (χ0) is 25.1. The first kappa shape index (κ1) is 24.3. The van der Waals surface area contributed by atoms with E-state index in [2.05, 4.69) is 33.4 Å². The first-order chi connectivity index (χ1) is 17.5. The van der Waals surface area contributed by atoms with Gasteiger partial charge < -0.3 is 10.1 Å². The van der Waals surface area contributed by atoms with Crippen molar-refractivity contribution in [1.82, 2.24) is 14.8 Å². The molecule has 1 aromatic heterocycles. The highest BCUT2D eigenvalue weighted by atomic mass is 79.9. The Labute approximate surface area is 222 Å². The van der Waals surface area contributed by atoms with Gasteiger partial charge in [-0.25, -0.2) is 4.68 Å². The summed E-state index contributed by atoms with van der Waals surface area (Å²) in [5.41, 5.74) is 4.70. The Hall–Kier alpha value is -3.36. The lowest BCUT2D eigenvalue weighted by atomic mass is 9.93. The summed E-state index contributed by atoms with van der Waals surface area (Å²) in [5.74, 6) is 2.16. The maximum atomic E-state index is 12.7. The van der Waals surface area contributed by atoms with Gasteiger partial charge in [-0.05, 0) is 54.8 Å². The smallest absolute Gasteiger partial charge is 0.227 e. The number of nitrogens with one attached hydrogen (secondary N) is 1. The van der Waals surface area contributed by atoms with Crippen molar-refractivity contribution in [2.45, 2.75) is 37.4 Å². The molecule has 5 rings (SSSR count). The molecule has 36 heavy (non-hydrogen) atoms. The van der Waals surface area contributed by atoms with E-state index in [1.165, 1.54) is 5.56 Å². The fraction of sp³-hybridized carbons (Fsp3) is 0.179. The number of ketones is 1. The molecule has 2 heterocycles. The number of carbonyl (C=O) groups excluding carboxylic acids is 1. The maximum Gasteiger partial charge on any atom is 0.227 e. The van der Waals surface area contributed by atoms with E-state index in [0.29, 0.717) is 23.3 Å². The van der Waals surface area contributed by atoms with Gasteiger partial charge in [-0.1, -0.05) is 82.3 Å². The van der Waals surface area contributed by atoms with Crippen LogP contribution in [0, 0.1) is 0 Å². The van der Waals surface area contributed by atoms with E-state index < -0.39 is 0 Å². The van der Waals surface area contributed by atoms with Crippen LogP contribution in [-0.2, 0) is 17.2 Å². The van der Waals surface area contributed by atoms with Crippen LogP contribution in [0.1, 0.15) is 36.6 Å². The topological polar surface area (TPSA) is 69.0 Å². The van der Waals surface area contributed by atoms with Gasteiger partial charge in [-0.15, -0.1) is 5.10 Å². The molecule has 0 fully saturated rings. The Balaban J connectivity index is 1.38. The van der Waals surface area contributed by atoms with Crippen LogP contribution in [0.3, 0.4) is 0 Å². The van der Waals surface area contributed by atoms with Gasteiger partial charge in [0.05, 0.1) is 0 Å². The van der Waals surface area contributed by atoms with Crippen LogP contribution in [0.15, 0.2) is 99.8 Å². The number of benzene rings is 3. The Bertz CT molecular complexity index is 1420. The Morgan fingerprint density at radius 2 is 1.81 bits per heavy atom. The summed E-state index contributed by atoms with van der Waals surface area (Å²) >= 11 is 5.07. The second-order valence-electron chi connectivity index (χ2n) is 8.55. The highest BCUT2D eigenvalue weighted by Gasteiger charge is 2.32. The van der Waals surface area contributed by atoms with Gasteiger partial charge in [0.1, 0.15) is 18.4 Å². The zero-order valence-electron chi connectivity index (χ0n) is 19.9. The normalized spacial score (nSPS) is 14.8. The number of allylic oxidation sites excluding steroid dienone is 2. The molecule has 0 bridgehead atoms. The van der Waals surface area contributed by atoms with Crippen molar-refractivity contribution in [1.29, 1.82) is 0 Å². The molecule has 0 amide bonds. The minimum atomic E-state index is -0.364. The van der Waals surface area contributed by atoms with Crippen LogP contribution in [0.25, 0.3) is 0 Å². The molecule has 1 atom stereocenters. The molecule has 1 N–H and O–H groups in total. The Kier molecular flexibility index (Phi) is 7.25. The lowest BCUT2D eigenvalue weighted by Gasteiger charge is -2.28. The van der Waals surface area contributed by atoms with Crippen molar-refractivity contribution in [2.75, 3.05) is 5.32 Å². The van der Waals surface area contributed by atoms with Gasteiger partial charge in [0.25, 0.3) is 0 Å². The predicted octanol–water partition coefficient (Wildman–Crippen LogP) is 6.79. The largest absolute Gasteiger partial charge is 0.489 e. The molecule has 1 unspecified atom stereocenters. The molecule has 0 spiro atoms. The summed E-state index contributed by atoms with van der Waals surface area (Å²) in [6.45, 7) is 3.98. The quantitative estimate of drug-likeness (QED) is 0.239. The molecule has 0 saturated carbocycles. The third kappa shape index (κ3) is 5.39. The molecule has 0 saturated heterocycles. The number of halogens is 1. The average molecular weight is 562 g/mol. The van der Waals surface area contributed by atoms with Crippen molar-refractivity contribution in [3.05, 3.63) is 111 Å². The molecule has 0 aliphatic carbocycles. The van der Waals surface area contributed by atoms with Crippen molar-refractivity contribution in [2.24, 2.45) is 0 Å². The van der Waals surface area contributed by atoms with E-state index in [9.17, 15) is 4.79 Å². The summed E-state index contributed by atoms with van der Waals surface area (Å²) in [6, 6.07) is 25.8. The van der Waals surface area contributed by atoms with Crippen LogP contribution in [-0.4, -0.2) is 20.5 Å². The van der Waals surface area contributed by atoms with Gasteiger partial charge in [0, 0.05) is 21.5 Å². The average Bonchev–Trinajstić information content (AvgIpc) is 3.28. The highest BCUT2D eigenvalue weighted by molar-refractivity contribution is 9.10. The second-order valence-corrected chi connectivity index (χ2v) is 10.4. The van der Waals surface area contributed by atoms with Crippen LogP contribution < -0.4 is 10.1 Å². The Morgan fingerprint density at radius 1 is 1.06 bits per heavy atom. The molecule has 3 aromatic carbocycles. The number of ether oxygens (including phenoxy) is 1. The van der Waals surface area contributed by atoms with Crippen molar-refractivity contribution in [3.63, 3.8) is 0 Å². The standard InChI is InChI=1S/C28H25BrN4O2S/c1-18-25(19(2)34)26(22-11-13-24(14-12-22)35-16-21-9-6-10-23(29)15-21)33-27(30-18)31-28(32-33)36-17-20-7-4-3-5-8-20/h3-15,26H,16-17H2,1-2H3,(H,30,31,32). The molecular weight excluding hydrogens is 536 g/mol. The number of hydrogen-bond donors (Lipinski definition) is 1. The number of hydrogen-bond acceptors (Lipinski definition) is 6. The third-order valence-corrected chi connectivity index (χ3v) is 7.32. The number of Topliss-reactive ketones (excluding diaryl/α,β-unsaturated/α-hetero) is 1. The predicted molar refractivity (Wildman–Crippen MR) is 146 cm³/mol. The zero-order valence-corrected chi connectivity index (χ0v) is 22.3. The minimum Gasteiger partial charge on any atom is -0.489 e. The van der Waals surface area contributed by atoms with Crippen molar-refractivity contribution < 1.29 is 9.53 Å². The summed E-state index contributed by atoms with van der Waals surface area (Å²) in [5, 5.41) is 8.72. The van der Waals surface area contributed by atoms with Crippen LogP contribution in [0.4, 0.5) is 5.95 Å². The van der Waals surface area contributed by atoms with Gasteiger partial charge in [-0.2, -0.15) is 4.98 Å². The molecule has 4 aromatic rings. The number of rotatable bonds is 8. The fourth-order valence-electron chi connectivity index (χ4n) is 4.22. The molecule has 0 radical (unpaired) electrons. The molecule has 1 aliphatic rings. The number of nitrogens with zero attached hydrogens (tertiary/aromatic N) is 3. The monoisotopic (exact) mass is 560 g/mol. The van der Waals surface area contributed by atoms with Gasteiger partial charge >= 0.3 is 0 Å². The highest BCUT2D eigenvalue weighted by Crippen LogP contribution is 2.37. The lowest BCUT2D eigenvalue weighted by Crippen LogP contribution is -2.27. The van der Waals surface area contributed by atoms with Crippen molar-refractivity contribution >= 4 is 39.4 Å². The van der Waals surface area contributed by atoms with E-state index in [1.807, 2.05) is 78.3 Å². The first-order valence-corrected chi connectivity index (χ1v) is 13.3. The number of aromatic nitrogens is 3. The van der Waals surface area contributed by atoms with Gasteiger partial charge in [0.15, 0.2) is 5.78 Å². The molecular formula is C28H25BrN4O2S. The van der Waals surface area contributed by atoms with E-state index >= 15 is 0 Å². The van der Waals surface area contributed by atoms with Crippen LogP contribution in [0.2, 0.25) is 0 Å². The lowest BCUT2D eigenvalue weighted by molar-refractivity contribution is -0.114. The van der Waals surface area contributed by atoms with E-state index in [1.54, 1.807) is 18.7 Å². The maximum absolute atomic E-state index is 12.7. The molecule has 1 aliphatic heterocycles. The van der Waals surface area contributed by atoms with E-state index in [-0.39, 0.29) is 11.8 Å². The van der Waals surface area contributed by atoms with E-state index in [0.717, 1.165) is 32.8 Å². The number of carbonyl (C=O) groups is 1. The minimum absolute atomic E-state index is 0.000352. The molecule has 182 valence electrons. The van der Waals surface area contributed by atoms with Gasteiger partial charge in [-0.3, -0.25) is 4.79 Å². The number of thioether (sulfide) groups is 1. The first-order valence-electron chi connectivity index (χ1n) is 11.6. The SMILES string of the molecule is CC(=O)C1=C(C)Nc2nc(SCc3ccccc3)nn2C1c1ccc(OCc2cccc(Br)c2)cc1. The fourth-order valence-corrected chi connectivity index (χ4v) is 5.45. The van der Waals surface area contributed by atoms with E-state index in [4.69, 9.17) is 14.8 Å². The summed E-state index contributed by atoms with van der Waals surface area (Å²) in [7, 11) is 0. The Morgan fingerprint density at radius 3 is 2.53 bits per heavy atom. The second kappa shape index (κ2) is 10.7. The summed E-state index contributed by atoms with van der Waals surface area (Å²) < 4.78 is 8.82. The number of anilines is 1. The number of fused-ring (bicyclic) bond motifs is 1. The third-order valence-electron chi connectivity index (χ3n) is 5.91. The van der Waals surface area contributed by atoms with Crippen molar-refractivity contribution in [3.8, 4) is 5.75 Å². The van der Waals surface area contributed by atoms with Crippen LogP contribution in [0.5, 0.6) is 5.75 Å². The van der Waals surface area contributed by atoms with Gasteiger partial charge in [0.2, 0.25) is 11.1 Å². The molecule has 8 heteroatoms.